The van der Waals surface area contributed by atoms with Crippen molar-refractivity contribution in [2.45, 2.75) is 32.1 Å². The molecule has 4 rings (SSSR count). The van der Waals surface area contributed by atoms with E-state index in [1.807, 2.05) is 0 Å². The van der Waals surface area contributed by atoms with E-state index in [-0.39, 0.29) is 28.2 Å². The molecule has 38 heavy (non-hydrogen) atoms. The number of nitrogens with one attached hydrogen (secondary N) is 1. The van der Waals surface area contributed by atoms with Crippen LogP contribution in [0.15, 0.2) is 48.9 Å². The third-order valence-corrected chi connectivity index (χ3v) is 6.43. The van der Waals surface area contributed by atoms with Crippen molar-refractivity contribution in [3.8, 4) is 6.07 Å². The number of nitrogens with zero attached hydrogens (tertiary/aromatic N) is 6. The number of carbonyl (C=O) groups is 2. The van der Waals surface area contributed by atoms with Crippen LogP contribution in [0.25, 0.3) is 0 Å². The molecule has 0 saturated carbocycles. The van der Waals surface area contributed by atoms with Crippen LogP contribution in [-0.4, -0.2) is 37.4 Å². The maximum atomic E-state index is 13.5. The van der Waals surface area contributed by atoms with Gasteiger partial charge in [-0.1, -0.05) is 17.7 Å². The molecule has 3 aromatic rings. The molecular formula is C24H17ClF3N7O2S. The van der Waals surface area contributed by atoms with Crippen LogP contribution >= 0.6 is 23.8 Å². The lowest BCUT2D eigenvalue weighted by molar-refractivity contribution is -0.138. The number of nitriles is 1. The topological polar surface area (TPSA) is 115 Å². The summed E-state index contributed by atoms with van der Waals surface area (Å²) >= 11 is 12.0. The van der Waals surface area contributed by atoms with E-state index in [0.717, 1.165) is 11.1 Å². The number of benzene rings is 1. The van der Waals surface area contributed by atoms with Gasteiger partial charge in [-0.05, 0) is 55.9 Å². The van der Waals surface area contributed by atoms with Crippen molar-refractivity contribution >= 4 is 52.1 Å². The Morgan fingerprint density at radius 1 is 1.18 bits per heavy atom. The fourth-order valence-electron chi connectivity index (χ4n) is 3.83. The van der Waals surface area contributed by atoms with E-state index in [2.05, 4.69) is 20.3 Å². The molecule has 1 N–H and O–H groups in total. The van der Waals surface area contributed by atoms with E-state index in [1.54, 1.807) is 32.0 Å². The fraction of sp³-hybridized carbons (Fsp3) is 0.208. The molecule has 0 atom stereocenters. The van der Waals surface area contributed by atoms with Crippen LogP contribution < -0.4 is 15.1 Å². The number of alkyl halides is 3. The van der Waals surface area contributed by atoms with Crippen molar-refractivity contribution in [3.05, 3.63) is 76.6 Å². The predicted molar refractivity (Wildman–Crippen MR) is 135 cm³/mol. The number of amides is 2. The molecule has 3 heterocycles. The van der Waals surface area contributed by atoms with Gasteiger partial charge in [0.25, 0.3) is 11.8 Å². The summed E-state index contributed by atoms with van der Waals surface area (Å²) in [7, 11) is 0. The summed E-state index contributed by atoms with van der Waals surface area (Å²) < 4.78 is 40.5. The minimum absolute atomic E-state index is 0.00557. The standard InChI is InChI=1S/C24H17ClF3N7O2S/c1-23(2)21(37)34(15-8-16(24(26,27)28)18(10-29)32-12-15)22(38)35(23)14-5-4-13(17(25)9-14)11-33-20(36)19-30-6-3-7-31-19/h3-9,12H,11H2,1-2H3,(H,33,36). The first kappa shape index (κ1) is 26.9. The first-order valence-corrected chi connectivity index (χ1v) is 11.6. The Bertz CT molecular complexity index is 1490. The maximum Gasteiger partial charge on any atom is 0.419 e. The number of hydrogen-bond acceptors (Lipinski definition) is 7. The highest BCUT2D eigenvalue weighted by molar-refractivity contribution is 7.81. The van der Waals surface area contributed by atoms with Crippen molar-refractivity contribution in [1.29, 1.82) is 5.26 Å². The largest absolute Gasteiger partial charge is 0.419 e. The van der Waals surface area contributed by atoms with Crippen molar-refractivity contribution in [2.24, 2.45) is 0 Å². The molecule has 0 bridgehead atoms. The van der Waals surface area contributed by atoms with Gasteiger partial charge in [0.05, 0.1) is 17.4 Å². The lowest BCUT2D eigenvalue weighted by Gasteiger charge is -2.29. The molecule has 0 unspecified atom stereocenters. The van der Waals surface area contributed by atoms with E-state index in [4.69, 9.17) is 29.1 Å². The molecule has 0 radical (unpaired) electrons. The molecule has 2 aromatic heterocycles. The Morgan fingerprint density at radius 2 is 1.87 bits per heavy atom. The van der Waals surface area contributed by atoms with Gasteiger partial charge < -0.3 is 10.2 Å². The normalized spacial score (nSPS) is 15.0. The van der Waals surface area contributed by atoms with Crippen LogP contribution in [0.4, 0.5) is 24.5 Å². The fourth-order valence-corrected chi connectivity index (χ4v) is 4.59. The van der Waals surface area contributed by atoms with Gasteiger partial charge >= 0.3 is 6.18 Å². The molecule has 1 fully saturated rings. The molecule has 1 aromatic carbocycles. The Morgan fingerprint density at radius 3 is 2.47 bits per heavy atom. The summed E-state index contributed by atoms with van der Waals surface area (Å²) in [6, 6.07) is 8.43. The van der Waals surface area contributed by atoms with Gasteiger partial charge in [-0.25, -0.2) is 15.0 Å². The molecule has 2 amide bonds. The van der Waals surface area contributed by atoms with E-state index in [1.165, 1.54) is 29.4 Å². The van der Waals surface area contributed by atoms with Crippen molar-refractivity contribution in [1.82, 2.24) is 20.3 Å². The molecule has 194 valence electrons. The van der Waals surface area contributed by atoms with E-state index < -0.39 is 34.8 Å². The average Bonchev–Trinajstić information content (AvgIpc) is 3.05. The van der Waals surface area contributed by atoms with Crippen LogP contribution in [0.2, 0.25) is 5.02 Å². The molecule has 9 nitrogen and oxygen atoms in total. The summed E-state index contributed by atoms with van der Waals surface area (Å²) in [6.07, 6.45) is -0.995. The number of hydrogen-bond donors (Lipinski definition) is 1. The minimum Gasteiger partial charge on any atom is -0.345 e. The molecule has 0 spiro atoms. The third-order valence-electron chi connectivity index (χ3n) is 5.71. The maximum absolute atomic E-state index is 13.5. The van der Waals surface area contributed by atoms with Gasteiger partial charge in [-0.15, -0.1) is 0 Å². The zero-order valence-electron chi connectivity index (χ0n) is 19.7. The number of rotatable bonds is 5. The number of anilines is 2. The van der Waals surface area contributed by atoms with E-state index >= 15 is 0 Å². The summed E-state index contributed by atoms with van der Waals surface area (Å²) in [5.41, 5.74) is -2.66. The van der Waals surface area contributed by atoms with Gasteiger partial charge in [0.1, 0.15) is 11.6 Å². The van der Waals surface area contributed by atoms with Crippen LogP contribution in [0.5, 0.6) is 0 Å². The van der Waals surface area contributed by atoms with Crippen LogP contribution in [0, 0.1) is 11.3 Å². The highest BCUT2D eigenvalue weighted by atomic mass is 35.5. The van der Waals surface area contributed by atoms with Crippen LogP contribution in [0.3, 0.4) is 0 Å². The van der Waals surface area contributed by atoms with Gasteiger partial charge in [0.15, 0.2) is 10.8 Å². The smallest absolute Gasteiger partial charge is 0.345 e. The first-order chi connectivity index (χ1) is 17.9. The molecule has 14 heteroatoms. The second kappa shape index (κ2) is 9.96. The zero-order valence-corrected chi connectivity index (χ0v) is 21.3. The molecule has 0 aliphatic carbocycles. The lowest BCUT2D eigenvalue weighted by atomic mass is 10.0. The summed E-state index contributed by atoms with van der Waals surface area (Å²) in [6.45, 7) is 3.18. The first-order valence-electron chi connectivity index (χ1n) is 10.9. The van der Waals surface area contributed by atoms with E-state index in [9.17, 15) is 22.8 Å². The Labute approximate surface area is 224 Å². The van der Waals surface area contributed by atoms with Crippen molar-refractivity contribution in [3.63, 3.8) is 0 Å². The quantitative estimate of drug-likeness (QED) is 0.461. The van der Waals surface area contributed by atoms with Gasteiger partial charge in [-0.3, -0.25) is 14.5 Å². The van der Waals surface area contributed by atoms with Crippen molar-refractivity contribution in [2.75, 3.05) is 9.80 Å². The summed E-state index contributed by atoms with van der Waals surface area (Å²) in [4.78, 5) is 39.3. The van der Waals surface area contributed by atoms with Gasteiger partial charge in [0, 0.05) is 29.6 Å². The number of pyridine rings is 1. The number of thiocarbonyl (C=S) groups is 1. The molecule has 1 aliphatic rings. The third kappa shape index (κ3) is 4.88. The minimum atomic E-state index is -4.86. The SMILES string of the molecule is CC1(C)C(=O)N(c2cnc(C#N)c(C(F)(F)F)c2)C(=S)N1c1ccc(CNC(=O)c2ncccn2)c(Cl)c1. The Balaban J connectivity index is 1.62. The number of carbonyl (C=O) groups excluding carboxylic acids is 2. The van der Waals surface area contributed by atoms with Crippen LogP contribution in [-0.2, 0) is 17.5 Å². The summed E-state index contributed by atoms with van der Waals surface area (Å²) in [5.74, 6) is -1.10. The Kier molecular flexibility index (Phi) is 7.05. The van der Waals surface area contributed by atoms with Gasteiger partial charge in [0.2, 0.25) is 5.82 Å². The second-order valence-electron chi connectivity index (χ2n) is 8.55. The second-order valence-corrected chi connectivity index (χ2v) is 9.32. The van der Waals surface area contributed by atoms with Crippen LogP contribution in [0.1, 0.15) is 41.3 Å². The van der Waals surface area contributed by atoms with E-state index in [0.29, 0.717) is 17.3 Å². The Hall–Kier alpha value is -4.15. The highest BCUT2D eigenvalue weighted by Crippen LogP contribution is 2.39. The lowest BCUT2D eigenvalue weighted by Crippen LogP contribution is -2.44. The van der Waals surface area contributed by atoms with Gasteiger partial charge in [-0.2, -0.15) is 18.4 Å². The monoisotopic (exact) mass is 559 g/mol. The number of halogens is 4. The molecule has 1 aliphatic heterocycles. The predicted octanol–water partition coefficient (Wildman–Crippen LogP) is 4.26. The highest BCUT2D eigenvalue weighted by Gasteiger charge is 2.51. The number of aromatic nitrogens is 3. The summed E-state index contributed by atoms with van der Waals surface area (Å²) in [5, 5.41) is 11.8. The van der Waals surface area contributed by atoms with Crippen molar-refractivity contribution < 1.29 is 22.8 Å². The molecular weight excluding hydrogens is 543 g/mol. The zero-order chi connectivity index (χ0) is 27.8. The molecule has 1 saturated heterocycles. The average molecular weight is 560 g/mol.